The predicted molar refractivity (Wildman–Crippen MR) is 48.3 cm³/mol. The molecule has 0 atom stereocenters. The van der Waals surface area contributed by atoms with Crippen LogP contribution in [0.5, 0.6) is 0 Å². The van der Waals surface area contributed by atoms with Crippen molar-refractivity contribution in [2.75, 3.05) is 0 Å². The molecule has 4 radical (unpaired) electrons. The zero-order chi connectivity index (χ0) is 5.66. The Morgan fingerprint density at radius 3 is 0.818 bits per heavy atom. The average Bonchev–Trinajstić information content (AvgIpc) is 1.62. The van der Waals surface area contributed by atoms with Gasteiger partial charge in [0, 0.05) is 0 Å². The first kappa shape index (κ1) is 17.3. The third-order valence-electron chi connectivity index (χ3n) is 0.889. The maximum atomic E-state index is 2.00. The van der Waals surface area contributed by atoms with E-state index in [4.69, 9.17) is 0 Å². The fourth-order valence-electron chi connectivity index (χ4n) is 0.513. The smallest absolute Gasteiger partial charge is 0.358 e. The summed E-state index contributed by atoms with van der Waals surface area (Å²) in [6, 6.07) is 0. The first-order valence-corrected chi connectivity index (χ1v) is 2.67. The Morgan fingerprint density at radius 2 is 0.636 bits per heavy atom. The van der Waals surface area contributed by atoms with Crippen molar-refractivity contribution in [3.63, 3.8) is 0 Å². The minimum Gasteiger partial charge on any atom is -0.358 e. The molecule has 0 fully saturated rings. The molecule has 0 heterocycles. The molecule has 0 aliphatic heterocycles. The van der Waals surface area contributed by atoms with Crippen LogP contribution in [-0.4, -0.2) is 0 Å². The third-order valence-corrected chi connectivity index (χ3v) is 0.889. The van der Waals surface area contributed by atoms with Crippen molar-refractivity contribution in [2.24, 2.45) is 0 Å². The Labute approximate surface area is 86.0 Å². The van der Waals surface area contributed by atoms with E-state index in [1.165, 1.54) is 0 Å². The van der Waals surface area contributed by atoms with E-state index in [9.17, 15) is 0 Å². The van der Waals surface area contributed by atoms with Crippen LogP contribution in [0.15, 0.2) is 24.3 Å². The average molecular weight is 329 g/mol. The van der Waals surface area contributed by atoms with Gasteiger partial charge in [0.2, 0.25) is 0 Å². The second kappa shape index (κ2) is 12.8. The molecule has 0 aromatic carbocycles. The summed E-state index contributed by atoms with van der Waals surface area (Å²) in [5.74, 6) is 0. The standard InChI is InChI=1S/C8H8.2CH3.Pt/c1-2-4-6-8-7-5-3-1;;;/h1-8H;2*1H3;/q;2*-1;+2/b2-1-,8-7-;;;. The fraction of sp³-hybridized carbons (Fsp3) is 0. The summed E-state index contributed by atoms with van der Waals surface area (Å²) in [6.45, 7) is 0. The minimum atomic E-state index is 0. The summed E-state index contributed by atoms with van der Waals surface area (Å²) in [7, 11) is 0. The van der Waals surface area contributed by atoms with Crippen LogP contribution in [0.1, 0.15) is 0 Å². The molecule has 11 heavy (non-hydrogen) atoms. The number of allylic oxidation sites excluding steroid dienone is 4. The fourth-order valence-corrected chi connectivity index (χ4v) is 0.513. The van der Waals surface area contributed by atoms with Gasteiger partial charge in [-0.25, -0.2) is 0 Å². The van der Waals surface area contributed by atoms with E-state index in [2.05, 4.69) is 0 Å². The molecule has 0 unspecified atom stereocenters. The maximum absolute atomic E-state index is 2.00. The van der Waals surface area contributed by atoms with E-state index in [1.807, 2.05) is 50.0 Å². The van der Waals surface area contributed by atoms with Crippen molar-refractivity contribution in [2.45, 2.75) is 0 Å². The Hall–Kier alpha value is 0.168. The Balaban J connectivity index is -0.000000213. The van der Waals surface area contributed by atoms with E-state index in [1.54, 1.807) is 0 Å². The van der Waals surface area contributed by atoms with Gasteiger partial charge in [0.05, 0.1) is 0 Å². The van der Waals surface area contributed by atoms with Gasteiger partial charge in [-0.3, -0.25) is 0 Å². The molecule has 0 aromatic heterocycles. The number of hydrogen-bond donors (Lipinski definition) is 0. The summed E-state index contributed by atoms with van der Waals surface area (Å²) in [5.41, 5.74) is 0. The van der Waals surface area contributed by atoms with Gasteiger partial charge in [-0.15, -0.1) is 0 Å². The van der Waals surface area contributed by atoms with Gasteiger partial charge in [-0.05, 0) is 25.7 Å². The Kier molecular flexibility index (Phi) is 20.2. The van der Waals surface area contributed by atoms with Crippen molar-refractivity contribution in [1.82, 2.24) is 0 Å². The van der Waals surface area contributed by atoms with Crippen molar-refractivity contribution < 1.29 is 21.1 Å². The van der Waals surface area contributed by atoms with Gasteiger partial charge in [-0.2, -0.15) is 0 Å². The maximum Gasteiger partial charge on any atom is 2.00 e. The Bertz CT molecular complexity index is 77.4. The molecule has 1 heteroatoms. The first-order valence-electron chi connectivity index (χ1n) is 2.67. The molecule has 0 bridgehead atoms. The van der Waals surface area contributed by atoms with Crippen LogP contribution in [0.25, 0.3) is 0 Å². The summed E-state index contributed by atoms with van der Waals surface area (Å²) >= 11 is 0. The van der Waals surface area contributed by atoms with Crippen molar-refractivity contribution >= 4 is 0 Å². The summed E-state index contributed by atoms with van der Waals surface area (Å²) in [4.78, 5) is 0. The monoisotopic (exact) mass is 329 g/mol. The largest absolute Gasteiger partial charge is 2.00 e. The molecule has 1 rings (SSSR count). The van der Waals surface area contributed by atoms with E-state index in [-0.39, 0.29) is 35.9 Å². The van der Waals surface area contributed by atoms with Crippen molar-refractivity contribution in [3.8, 4) is 0 Å². The quantitative estimate of drug-likeness (QED) is 0.600. The first-order chi connectivity index (χ1) is 4.00. The summed E-state index contributed by atoms with van der Waals surface area (Å²) in [6.07, 6.45) is 16.0. The zero-order valence-electron chi connectivity index (χ0n) is 6.94. The molecule has 0 spiro atoms. The van der Waals surface area contributed by atoms with Crippen LogP contribution in [0.4, 0.5) is 0 Å². The molecule has 0 aromatic rings. The van der Waals surface area contributed by atoms with Crippen molar-refractivity contribution in [3.05, 3.63) is 64.8 Å². The molecule has 64 valence electrons. The normalized spacial score (nSPS) is 20.4. The van der Waals surface area contributed by atoms with E-state index in [0.29, 0.717) is 0 Å². The van der Waals surface area contributed by atoms with Gasteiger partial charge >= 0.3 is 21.1 Å². The van der Waals surface area contributed by atoms with E-state index < -0.39 is 0 Å². The molecular formula is C10H14Pt. The molecule has 0 nitrogen and oxygen atoms in total. The molecule has 0 N–H and O–H groups in total. The molecule has 1 aliphatic carbocycles. The zero-order valence-corrected chi connectivity index (χ0v) is 9.21. The third kappa shape index (κ3) is 10.2. The van der Waals surface area contributed by atoms with Crippen LogP contribution in [0.3, 0.4) is 0 Å². The summed E-state index contributed by atoms with van der Waals surface area (Å²) < 4.78 is 0. The number of rotatable bonds is 0. The van der Waals surface area contributed by atoms with E-state index >= 15 is 0 Å². The number of hydrogen-bond acceptors (Lipinski definition) is 0. The van der Waals surface area contributed by atoms with Crippen LogP contribution < -0.4 is 0 Å². The van der Waals surface area contributed by atoms with E-state index in [0.717, 1.165) is 0 Å². The predicted octanol–water partition coefficient (Wildman–Crippen LogP) is 2.83. The second-order valence-corrected chi connectivity index (χ2v) is 1.54. The molecular weight excluding hydrogens is 315 g/mol. The SMILES string of the molecule is [CH3-].[CH3-].[CH]1[CH]/C=C\[CH][CH]/C=C\1.[Pt+2]. The second-order valence-electron chi connectivity index (χ2n) is 1.54. The molecule has 0 saturated carbocycles. The van der Waals surface area contributed by atoms with Crippen LogP contribution >= 0.6 is 0 Å². The van der Waals surface area contributed by atoms with Gasteiger partial charge in [0.1, 0.15) is 0 Å². The Morgan fingerprint density at radius 1 is 0.455 bits per heavy atom. The molecule has 1 aliphatic rings. The topological polar surface area (TPSA) is 0 Å². The van der Waals surface area contributed by atoms with Crippen LogP contribution in [0.2, 0.25) is 0 Å². The minimum absolute atomic E-state index is 0. The van der Waals surface area contributed by atoms with Crippen LogP contribution in [0, 0.1) is 40.5 Å². The van der Waals surface area contributed by atoms with Gasteiger partial charge in [0.25, 0.3) is 0 Å². The van der Waals surface area contributed by atoms with Gasteiger partial charge in [-0.1, -0.05) is 24.3 Å². The molecule has 0 saturated heterocycles. The van der Waals surface area contributed by atoms with Crippen molar-refractivity contribution in [1.29, 1.82) is 0 Å². The summed E-state index contributed by atoms with van der Waals surface area (Å²) in [5, 5.41) is 0. The van der Waals surface area contributed by atoms with Gasteiger partial charge in [0.15, 0.2) is 0 Å². The molecule has 0 amide bonds. The van der Waals surface area contributed by atoms with Gasteiger partial charge < -0.3 is 14.9 Å². The van der Waals surface area contributed by atoms with Crippen LogP contribution in [-0.2, 0) is 21.1 Å².